The van der Waals surface area contributed by atoms with E-state index in [1.165, 1.54) is 18.2 Å². The van der Waals surface area contributed by atoms with Crippen LogP contribution in [0.3, 0.4) is 0 Å². The first-order valence-corrected chi connectivity index (χ1v) is 8.77. The van der Waals surface area contributed by atoms with Crippen LogP contribution in [-0.4, -0.2) is 8.42 Å². The molecule has 4 nitrogen and oxygen atoms in total. The number of nitrogens with two attached hydrogens (primary N) is 1. The van der Waals surface area contributed by atoms with Crippen LogP contribution < -0.4 is 10.5 Å². The van der Waals surface area contributed by atoms with Crippen molar-refractivity contribution in [2.75, 3.05) is 10.5 Å². The molecule has 8 heteroatoms. The largest absolute Gasteiger partial charge is 0.397 e. The first-order chi connectivity index (χ1) is 9.29. The Bertz CT molecular complexity index is 766. The lowest BCUT2D eigenvalue weighted by molar-refractivity contribution is 0.601. The fourth-order valence-electron chi connectivity index (χ4n) is 1.46. The molecule has 0 aliphatic carbocycles. The van der Waals surface area contributed by atoms with E-state index in [0.29, 0.717) is 15.2 Å². The number of benzene rings is 2. The summed E-state index contributed by atoms with van der Waals surface area (Å²) in [6, 6.07) is 9.28. The molecule has 0 radical (unpaired) electrons. The third kappa shape index (κ3) is 3.46. The van der Waals surface area contributed by atoms with Crippen LogP contribution in [0.1, 0.15) is 0 Å². The van der Waals surface area contributed by atoms with E-state index in [1.807, 2.05) is 0 Å². The first-order valence-electron chi connectivity index (χ1n) is 5.32. The molecule has 0 aliphatic heterocycles. The molecule has 106 valence electrons. The number of halogens is 3. The van der Waals surface area contributed by atoms with E-state index < -0.39 is 10.0 Å². The van der Waals surface area contributed by atoms with Crippen molar-refractivity contribution in [3.05, 3.63) is 50.4 Å². The van der Waals surface area contributed by atoms with Crippen molar-refractivity contribution < 1.29 is 8.42 Å². The summed E-state index contributed by atoms with van der Waals surface area (Å²) in [4.78, 5) is 0.0502. The molecule has 0 unspecified atom stereocenters. The quantitative estimate of drug-likeness (QED) is 0.701. The molecule has 0 fully saturated rings. The lowest BCUT2D eigenvalue weighted by Crippen LogP contribution is -2.13. The Kier molecular flexibility index (Phi) is 4.63. The highest BCUT2D eigenvalue weighted by Gasteiger charge is 2.16. The average molecular weight is 441 g/mol. The Morgan fingerprint density at radius 1 is 1.10 bits per heavy atom. The van der Waals surface area contributed by atoms with Crippen molar-refractivity contribution in [3.8, 4) is 0 Å². The minimum Gasteiger partial charge on any atom is -0.397 e. The summed E-state index contributed by atoms with van der Waals surface area (Å²) in [5.74, 6) is 0. The van der Waals surface area contributed by atoms with Crippen LogP contribution in [0.25, 0.3) is 0 Å². The molecule has 2 aromatic carbocycles. The van der Waals surface area contributed by atoms with E-state index in [4.69, 9.17) is 17.3 Å². The Hall–Kier alpha value is -0.760. The lowest BCUT2D eigenvalue weighted by Gasteiger charge is -2.11. The van der Waals surface area contributed by atoms with Crippen LogP contribution in [0.4, 0.5) is 11.4 Å². The van der Waals surface area contributed by atoms with Gasteiger partial charge in [-0.15, -0.1) is 0 Å². The van der Waals surface area contributed by atoms with Gasteiger partial charge in [0, 0.05) is 8.95 Å². The van der Waals surface area contributed by atoms with Gasteiger partial charge in [-0.05, 0) is 52.3 Å². The topological polar surface area (TPSA) is 72.2 Å². The van der Waals surface area contributed by atoms with Crippen molar-refractivity contribution in [1.29, 1.82) is 0 Å². The van der Waals surface area contributed by atoms with Gasteiger partial charge in [-0.2, -0.15) is 0 Å². The standard InChI is InChI=1S/C12H9Br2ClN2O2S/c13-7-1-4-12(9(14)5-7)17-20(18,19)8-2-3-10(15)11(16)6-8/h1-6,17H,16H2. The molecule has 0 bridgehead atoms. The number of nitrogen functional groups attached to an aromatic ring is 1. The number of hydrogen-bond acceptors (Lipinski definition) is 3. The number of anilines is 2. The molecule has 2 aromatic rings. The maximum atomic E-state index is 12.3. The summed E-state index contributed by atoms with van der Waals surface area (Å²) in [6.07, 6.45) is 0. The summed E-state index contributed by atoms with van der Waals surface area (Å²) in [5.41, 5.74) is 6.27. The van der Waals surface area contributed by atoms with Crippen molar-refractivity contribution in [1.82, 2.24) is 0 Å². The van der Waals surface area contributed by atoms with Gasteiger partial charge in [0.1, 0.15) is 0 Å². The first kappa shape index (κ1) is 15.6. The Balaban J connectivity index is 2.38. The molecule has 0 saturated heterocycles. The zero-order valence-electron chi connectivity index (χ0n) is 9.90. The second-order valence-corrected chi connectivity index (χ2v) is 7.77. The van der Waals surface area contributed by atoms with Gasteiger partial charge in [-0.3, -0.25) is 4.72 Å². The third-order valence-electron chi connectivity index (χ3n) is 2.45. The molecule has 0 heterocycles. The van der Waals surface area contributed by atoms with E-state index >= 15 is 0 Å². The SMILES string of the molecule is Nc1cc(S(=O)(=O)Nc2ccc(Br)cc2Br)ccc1Cl. The molecule has 0 spiro atoms. The fraction of sp³-hybridized carbons (Fsp3) is 0. The van der Waals surface area contributed by atoms with Crippen LogP contribution in [-0.2, 0) is 10.0 Å². The molecule has 20 heavy (non-hydrogen) atoms. The number of hydrogen-bond donors (Lipinski definition) is 2. The molecule has 3 N–H and O–H groups in total. The summed E-state index contributed by atoms with van der Waals surface area (Å²) in [5, 5.41) is 0.314. The fourth-order valence-corrected chi connectivity index (χ4v) is 3.97. The van der Waals surface area contributed by atoms with E-state index in [9.17, 15) is 8.42 Å². The number of nitrogens with one attached hydrogen (secondary N) is 1. The van der Waals surface area contributed by atoms with Gasteiger partial charge in [0.05, 0.1) is 21.3 Å². The highest BCUT2D eigenvalue weighted by atomic mass is 79.9. The van der Waals surface area contributed by atoms with Crippen LogP contribution in [0.15, 0.2) is 50.2 Å². The lowest BCUT2D eigenvalue weighted by atomic mass is 10.3. The molecular formula is C12H9Br2ClN2O2S. The number of sulfonamides is 1. The van der Waals surface area contributed by atoms with Crippen molar-refractivity contribution in [2.45, 2.75) is 4.90 Å². The second-order valence-electron chi connectivity index (χ2n) is 3.91. The van der Waals surface area contributed by atoms with Gasteiger partial charge in [0.25, 0.3) is 10.0 Å². The van der Waals surface area contributed by atoms with Gasteiger partial charge >= 0.3 is 0 Å². The maximum absolute atomic E-state index is 12.3. The van der Waals surface area contributed by atoms with E-state index in [0.717, 1.165) is 4.47 Å². The highest BCUT2D eigenvalue weighted by molar-refractivity contribution is 9.11. The molecule has 0 aliphatic rings. The molecular weight excluding hydrogens is 431 g/mol. The van der Waals surface area contributed by atoms with Gasteiger partial charge in [0.15, 0.2) is 0 Å². The smallest absolute Gasteiger partial charge is 0.262 e. The summed E-state index contributed by atoms with van der Waals surface area (Å²) in [7, 11) is -3.72. The average Bonchev–Trinajstić information content (AvgIpc) is 2.36. The predicted molar refractivity (Wildman–Crippen MR) is 88.5 cm³/mol. The Morgan fingerprint density at radius 2 is 1.80 bits per heavy atom. The Morgan fingerprint density at radius 3 is 2.40 bits per heavy atom. The monoisotopic (exact) mass is 438 g/mol. The molecule has 2 rings (SSSR count). The minimum atomic E-state index is -3.72. The zero-order chi connectivity index (χ0) is 14.9. The summed E-state index contributed by atoms with van der Waals surface area (Å²) in [6.45, 7) is 0. The molecule has 0 atom stereocenters. The zero-order valence-corrected chi connectivity index (χ0v) is 14.6. The molecule has 0 saturated carbocycles. The van der Waals surface area contributed by atoms with Gasteiger partial charge < -0.3 is 5.73 Å². The van der Waals surface area contributed by atoms with Crippen molar-refractivity contribution in [2.24, 2.45) is 0 Å². The van der Waals surface area contributed by atoms with Crippen LogP contribution in [0.5, 0.6) is 0 Å². The molecule has 0 amide bonds. The number of rotatable bonds is 3. The third-order valence-corrected chi connectivity index (χ3v) is 5.31. The van der Waals surface area contributed by atoms with Crippen LogP contribution in [0.2, 0.25) is 5.02 Å². The van der Waals surface area contributed by atoms with Gasteiger partial charge in [0.2, 0.25) is 0 Å². The van der Waals surface area contributed by atoms with E-state index in [1.54, 1.807) is 18.2 Å². The van der Waals surface area contributed by atoms with Gasteiger partial charge in [-0.25, -0.2) is 8.42 Å². The van der Waals surface area contributed by atoms with Crippen LogP contribution in [0, 0.1) is 0 Å². The summed E-state index contributed by atoms with van der Waals surface area (Å²) < 4.78 is 28.5. The van der Waals surface area contributed by atoms with Crippen LogP contribution >= 0.6 is 43.5 Å². The maximum Gasteiger partial charge on any atom is 0.262 e. The second kappa shape index (κ2) is 5.93. The van der Waals surface area contributed by atoms with Crippen molar-refractivity contribution in [3.63, 3.8) is 0 Å². The van der Waals surface area contributed by atoms with E-state index in [-0.39, 0.29) is 10.6 Å². The predicted octanol–water partition coefficient (Wildman–Crippen LogP) is 4.25. The Labute approximate surface area is 138 Å². The summed E-state index contributed by atoms with van der Waals surface area (Å²) >= 11 is 12.4. The normalized spacial score (nSPS) is 11.3. The van der Waals surface area contributed by atoms with E-state index in [2.05, 4.69) is 36.6 Å². The van der Waals surface area contributed by atoms with Gasteiger partial charge in [-0.1, -0.05) is 27.5 Å². The molecule has 0 aromatic heterocycles. The van der Waals surface area contributed by atoms with Crippen molar-refractivity contribution >= 4 is 64.9 Å². The highest BCUT2D eigenvalue weighted by Crippen LogP contribution is 2.29. The minimum absolute atomic E-state index is 0.0502.